The van der Waals surface area contributed by atoms with Gasteiger partial charge in [-0.15, -0.1) is 11.3 Å². The number of aromatic nitrogens is 2. The summed E-state index contributed by atoms with van der Waals surface area (Å²) in [4.78, 5) is 0. The lowest BCUT2D eigenvalue weighted by Crippen LogP contribution is -1.97. The van der Waals surface area contributed by atoms with E-state index in [1.54, 1.807) is 11.3 Å². The lowest BCUT2D eigenvalue weighted by Gasteiger charge is -2.11. The van der Waals surface area contributed by atoms with Crippen LogP contribution in [-0.2, 0) is 0 Å². The van der Waals surface area contributed by atoms with Crippen molar-refractivity contribution in [3.8, 4) is 23.5 Å². The molecule has 198 valence electrons. The summed E-state index contributed by atoms with van der Waals surface area (Å²) in [5, 5.41) is 26.6. The summed E-state index contributed by atoms with van der Waals surface area (Å²) >= 11 is 1.77. The van der Waals surface area contributed by atoms with Crippen molar-refractivity contribution in [3.63, 3.8) is 0 Å². The summed E-state index contributed by atoms with van der Waals surface area (Å²) in [6.45, 7) is 0. The van der Waals surface area contributed by atoms with E-state index < -0.39 is 0 Å². The average Bonchev–Trinajstić information content (AvgIpc) is 3.72. The Bertz CT molecular complexity index is 2710. The molecule has 0 aliphatic carbocycles. The van der Waals surface area contributed by atoms with Gasteiger partial charge in [-0.25, -0.2) is 0 Å². The Morgan fingerprint density at radius 2 is 1.21 bits per heavy atom. The highest BCUT2D eigenvalue weighted by Gasteiger charge is 2.20. The molecule has 0 spiro atoms. The second-order valence-corrected chi connectivity index (χ2v) is 11.9. The maximum Gasteiger partial charge on any atom is 0.0998 e. The zero-order valence-corrected chi connectivity index (χ0v) is 23.6. The van der Waals surface area contributed by atoms with Gasteiger partial charge in [0.2, 0.25) is 0 Å². The fourth-order valence-corrected chi connectivity index (χ4v) is 7.98. The molecule has 0 aliphatic heterocycles. The number of para-hydroxylation sites is 2. The van der Waals surface area contributed by atoms with Crippen molar-refractivity contribution >= 4 is 75.1 Å². The van der Waals surface area contributed by atoms with Gasteiger partial charge in [0.25, 0.3) is 0 Å². The van der Waals surface area contributed by atoms with Crippen LogP contribution in [0.3, 0.4) is 0 Å². The topological polar surface area (TPSA) is 57.4 Å². The monoisotopic (exact) mass is 564 g/mol. The third-order valence-corrected chi connectivity index (χ3v) is 9.77. The number of hydrogen-bond donors (Lipinski definition) is 0. The number of hydrogen-bond acceptors (Lipinski definition) is 3. The maximum atomic E-state index is 10.0. The predicted molar refractivity (Wildman–Crippen MR) is 177 cm³/mol. The van der Waals surface area contributed by atoms with Crippen molar-refractivity contribution in [1.82, 2.24) is 9.13 Å². The third-order valence-electron chi connectivity index (χ3n) is 8.56. The highest BCUT2D eigenvalue weighted by molar-refractivity contribution is 7.26. The van der Waals surface area contributed by atoms with Crippen LogP contribution >= 0.6 is 11.3 Å². The molecule has 9 aromatic rings. The minimum Gasteiger partial charge on any atom is -0.309 e. The van der Waals surface area contributed by atoms with Crippen LogP contribution in [0.25, 0.3) is 75.2 Å². The molecule has 0 radical (unpaired) electrons. The number of nitriles is 2. The van der Waals surface area contributed by atoms with Crippen LogP contribution in [0.2, 0.25) is 0 Å². The summed E-state index contributed by atoms with van der Waals surface area (Å²) in [6, 6.07) is 46.6. The van der Waals surface area contributed by atoms with Gasteiger partial charge in [-0.05, 0) is 60.7 Å². The molecule has 5 heteroatoms. The highest BCUT2D eigenvalue weighted by atomic mass is 32.1. The lowest BCUT2D eigenvalue weighted by atomic mass is 10.1. The maximum absolute atomic E-state index is 10.0. The summed E-state index contributed by atoms with van der Waals surface area (Å²) in [6.07, 6.45) is 0. The van der Waals surface area contributed by atoms with Crippen LogP contribution in [0.1, 0.15) is 11.1 Å². The Morgan fingerprint density at radius 3 is 2.02 bits per heavy atom. The molecule has 4 nitrogen and oxygen atoms in total. The van der Waals surface area contributed by atoms with Gasteiger partial charge in [0.1, 0.15) is 0 Å². The molecule has 0 N–H and O–H groups in total. The van der Waals surface area contributed by atoms with Gasteiger partial charge in [0.05, 0.1) is 55.7 Å². The predicted octanol–water partition coefficient (Wildman–Crippen LogP) is 9.99. The zero-order valence-electron chi connectivity index (χ0n) is 22.7. The fraction of sp³-hybridized carbons (Fsp3) is 0. The molecule has 6 aromatic carbocycles. The average molecular weight is 565 g/mol. The van der Waals surface area contributed by atoms with Gasteiger partial charge in [-0.2, -0.15) is 10.5 Å². The number of rotatable bonds is 2. The van der Waals surface area contributed by atoms with E-state index in [0.717, 1.165) is 60.4 Å². The number of benzene rings is 6. The molecule has 0 saturated heterocycles. The minimum absolute atomic E-state index is 0.646. The second-order valence-electron chi connectivity index (χ2n) is 10.8. The Morgan fingerprint density at radius 1 is 0.512 bits per heavy atom. The summed E-state index contributed by atoms with van der Waals surface area (Å²) in [7, 11) is 0. The van der Waals surface area contributed by atoms with Crippen molar-refractivity contribution in [1.29, 1.82) is 10.5 Å². The van der Waals surface area contributed by atoms with E-state index >= 15 is 0 Å². The summed E-state index contributed by atoms with van der Waals surface area (Å²) in [5.74, 6) is 0. The Kier molecular flexibility index (Phi) is 4.87. The molecule has 3 heterocycles. The molecule has 0 saturated carbocycles. The normalized spacial score (nSPS) is 11.7. The highest BCUT2D eigenvalue weighted by Crippen LogP contribution is 2.42. The summed E-state index contributed by atoms with van der Waals surface area (Å²) in [5.41, 5.74) is 7.63. The third kappa shape index (κ3) is 3.23. The van der Waals surface area contributed by atoms with Gasteiger partial charge in [0, 0.05) is 42.7 Å². The first-order valence-corrected chi connectivity index (χ1v) is 14.9. The van der Waals surface area contributed by atoms with Crippen LogP contribution in [0.15, 0.2) is 121 Å². The van der Waals surface area contributed by atoms with Crippen LogP contribution in [0.4, 0.5) is 0 Å². The molecule has 0 amide bonds. The minimum atomic E-state index is 0.646. The van der Waals surface area contributed by atoms with E-state index in [0.29, 0.717) is 11.1 Å². The van der Waals surface area contributed by atoms with Gasteiger partial charge in [-0.1, -0.05) is 60.7 Å². The molecule has 0 bridgehead atoms. The molecular formula is C38H20N4S. The molecule has 9 rings (SSSR count). The number of nitrogens with zero attached hydrogens (tertiary/aromatic N) is 4. The van der Waals surface area contributed by atoms with E-state index in [2.05, 4.69) is 106 Å². The Balaban J connectivity index is 1.39. The van der Waals surface area contributed by atoms with E-state index in [4.69, 9.17) is 0 Å². The first-order valence-electron chi connectivity index (χ1n) is 14.1. The number of fused-ring (bicyclic) bond motifs is 9. The van der Waals surface area contributed by atoms with Crippen LogP contribution in [-0.4, -0.2) is 9.13 Å². The zero-order chi connectivity index (χ0) is 28.7. The Labute approximate surface area is 250 Å². The molecule has 3 aromatic heterocycles. The molecule has 0 aliphatic rings. The lowest BCUT2D eigenvalue weighted by molar-refractivity contribution is 1.17. The standard InChI is InChI=1S/C38H20N4S/c39-21-23-18-30-27-10-3-6-15-36(27)43-38(30)35(19-23)42-31-12-4-1-9-26(31)29-20-25(16-17-33(29)42)41-32-13-5-2-11-28(32)37-24(22-40)8-7-14-34(37)41/h1-20H. The largest absolute Gasteiger partial charge is 0.309 e. The van der Waals surface area contributed by atoms with E-state index in [-0.39, 0.29) is 0 Å². The van der Waals surface area contributed by atoms with Crippen molar-refractivity contribution in [3.05, 3.63) is 132 Å². The molecule has 43 heavy (non-hydrogen) atoms. The number of thiophene rings is 1. The van der Waals surface area contributed by atoms with Crippen molar-refractivity contribution in [2.24, 2.45) is 0 Å². The molecule has 0 fully saturated rings. The van der Waals surface area contributed by atoms with E-state index in [9.17, 15) is 10.5 Å². The quantitative estimate of drug-likeness (QED) is 0.210. The van der Waals surface area contributed by atoms with E-state index in [1.165, 1.54) is 14.8 Å². The fourth-order valence-electron chi connectivity index (χ4n) is 6.79. The molecular weight excluding hydrogens is 545 g/mol. The first kappa shape index (κ1) is 23.8. The van der Waals surface area contributed by atoms with Crippen molar-refractivity contribution in [2.45, 2.75) is 0 Å². The molecule has 0 unspecified atom stereocenters. The van der Waals surface area contributed by atoms with Crippen LogP contribution in [0.5, 0.6) is 0 Å². The van der Waals surface area contributed by atoms with E-state index in [1.807, 2.05) is 36.4 Å². The first-order chi connectivity index (χ1) is 21.2. The van der Waals surface area contributed by atoms with Crippen molar-refractivity contribution < 1.29 is 0 Å². The summed E-state index contributed by atoms with van der Waals surface area (Å²) < 4.78 is 6.95. The molecule has 0 atom stereocenters. The van der Waals surface area contributed by atoms with Gasteiger partial charge in [0.15, 0.2) is 0 Å². The SMILES string of the molecule is N#Cc1cc(-n2c3ccccc3c3cc(-n4c5ccccc5c5c(C#N)cccc54)ccc32)c2sc3ccccc3c2c1. The van der Waals surface area contributed by atoms with Gasteiger partial charge >= 0.3 is 0 Å². The van der Waals surface area contributed by atoms with Gasteiger partial charge in [-0.3, -0.25) is 0 Å². The van der Waals surface area contributed by atoms with Crippen LogP contribution in [0, 0.1) is 22.7 Å². The second kappa shape index (κ2) is 8.81. The van der Waals surface area contributed by atoms with Crippen LogP contribution < -0.4 is 0 Å². The van der Waals surface area contributed by atoms with Gasteiger partial charge < -0.3 is 9.13 Å². The smallest absolute Gasteiger partial charge is 0.0998 e. The van der Waals surface area contributed by atoms with Crippen molar-refractivity contribution in [2.75, 3.05) is 0 Å². The Hall–Kier alpha value is -5.88.